The Bertz CT molecular complexity index is 187. The lowest BCUT2D eigenvalue weighted by Crippen LogP contribution is -2.59. The molecular weight excluding hydrogens is 230 g/mol. The third kappa shape index (κ3) is 8.03. The minimum Gasteiger partial charge on any atom is -0.380 e. The van der Waals surface area contributed by atoms with Crippen LogP contribution < -0.4 is 5.32 Å². The quantitative estimate of drug-likeness (QED) is 0.619. The molecule has 0 radical (unpaired) electrons. The van der Waals surface area contributed by atoms with E-state index in [2.05, 4.69) is 19.2 Å². The standard InChI is InChI=1S/C14H31NO3/c1-7-16-9-14(10-17-8-2,15-12(3)4)11-18-13(5)6/h12-13,15H,7-11H2,1-6H3. The van der Waals surface area contributed by atoms with Crippen molar-refractivity contribution in [1.82, 2.24) is 5.32 Å². The molecule has 0 aromatic heterocycles. The molecule has 4 nitrogen and oxygen atoms in total. The van der Waals surface area contributed by atoms with Crippen molar-refractivity contribution in [2.75, 3.05) is 33.0 Å². The van der Waals surface area contributed by atoms with Crippen molar-refractivity contribution in [3.8, 4) is 0 Å². The van der Waals surface area contributed by atoms with E-state index in [-0.39, 0.29) is 11.6 Å². The van der Waals surface area contributed by atoms with Gasteiger partial charge < -0.3 is 19.5 Å². The Morgan fingerprint density at radius 1 is 0.889 bits per heavy atom. The summed E-state index contributed by atoms with van der Waals surface area (Å²) in [7, 11) is 0. The zero-order valence-corrected chi connectivity index (χ0v) is 12.9. The smallest absolute Gasteiger partial charge is 0.0891 e. The van der Waals surface area contributed by atoms with Gasteiger partial charge in [0, 0.05) is 19.3 Å². The molecule has 0 bridgehead atoms. The zero-order chi connectivity index (χ0) is 14.0. The second kappa shape index (κ2) is 9.73. The van der Waals surface area contributed by atoms with Crippen LogP contribution in [0.5, 0.6) is 0 Å². The van der Waals surface area contributed by atoms with Crippen LogP contribution in [0.1, 0.15) is 41.5 Å². The summed E-state index contributed by atoms with van der Waals surface area (Å²) in [4.78, 5) is 0. The van der Waals surface area contributed by atoms with Crippen molar-refractivity contribution in [3.63, 3.8) is 0 Å². The van der Waals surface area contributed by atoms with Gasteiger partial charge in [-0.2, -0.15) is 0 Å². The number of nitrogens with one attached hydrogen (secondary N) is 1. The van der Waals surface area contributed by atoms with Crippen molar-refractivity contribution < 1.29 is 14.2 Å². The average Bonchev–Trinajstić information content (AvgIpc) is 2.30. The first-order valence-corrected chi connectivity index (χ1v) is 7.00. The van der Waals surface area contributed by atoms with E-state index in [4.69, 9.17) is 14.2 Å². The molecule has 0 fully saturated rings. The Morgan fingerprint density at radius 2 is 1.39 bits per heavy atom. The van der Waals surface area contributed by atoms with Crippen LogP contribution in [0, 0.1) is 0 Å². The highest BCUT2D eigenvalue weighted by molar-refractivity contribution is 4.90. The Hall–Kier alpha value is -0.160. The maximum Gasteiger partial charge on any atom is 0.0891 e. The largest absolute Gasteiger partial charge is 0.380 e. The molecule has 0 amide bonds. The third-order valence-corrected chi connectivity index (χ3v) is 2.45. The van der Waals surface area contributed by atoms with Crippen LogP contribution in [-0.2, 0) is 14.2 Å². The number of hydrogen-bond acceptors (Lipinski definition) is 4. The molecule has 0 unspecified atom stereocenters. The fourth-order valence-electron chi connectivity index (χ4n) is 1.78. The molecule has 18 heavy (non-hydrogen) atoms. The van der Waals surface area contributed by atoms with Gasteiger partial charge >= 0.3 is 0 Å². The van der Waals surface area contributed by atoms with Crippen LogP contribution in [0.25, 0.3) is 0 Å². The molecule has 0 heterocycles. The van der Waals surface area contributed by atoms with Crippen LogP contribution in [0.3, 0.4) is 0 Å². The lowest BCUT2D eigenvalue weighted by atomic mass is 10.0. The lowest BCUT2D eigenvalue weighted by molar-refractivity contribution is -0.0527. The summed E-state index contributed by atoms with van der Waals surface area (Å²) >= 11 is 0. The molecule has 0 spiro atoms. The van der Waals surface area contributed by atoms with Gasteiger partial charge in [0.25, 0.3) is 0 Å². The normalized spacial score (nSPS) is 12.7. The Labute approximate surface area is 112 Å². The van der Waals surface area contributed by atoms with E-state index in [9.17, 15) is 0 Å². The van der Waals surface area contributed by atoms with E-state index in [0.29, 0.717) is 39.1 Å². The van der Waals surface area contributed by atoms with Crippen LogP contribution in [0.4, 0.5) is 0 Å². The molecule has 0 aromatic carbocycles. The molecular formula is C14H31NO3. The number of rotatable bonds is 11. The Morgan fingerprint density at radius 3 is 1.72 bits per heavy atom. The monoisotopic (exact) mass is 261 g/mol. The highest BCUT2D eigenvalue weighted by Gasteiger charge is 2.32. The van der Waals surface area contributed by atoms with E-state index < -0.39 is 0 Å². The minimum atomic E-state index is -0.259. The van der Waals surface area contributed by atoms with Crippen LogP contribution in [0.15, 0.2) is 0 Å². The second-order valence-electron chi connectivity index (χ2n) is 5.21. The molecule has 110 valence electrons. The third-order valence-electron chi connectivity index (χ3n) is 2.45. The topological polar surface area (TPSA) is 39.7 Å². The molecule has 0 saturated carbocycles. The second-order valence-corrected chi connectivity index (χ2v) is 5.21. The molecule has 0 aliphatic carbocycles. The van der Waals surface area contributed by atoms with E-state index in [1.165, 1.54) is 0 Å². The fraction of sp³-hybridized carbons (Fsp3) is 1.00. The van der Waals surface area contributed by atoms with Gasteiger partial charge in [-0.1, -0.05) is 13.8 Å². The predicted molar refractivity (Wildman–Crippen MR) is 75.1 cm³/mol. The van der Waals surface area contributed by atoms with Crippen LogP contribution >= 0.6 is 0 Å². The van der Waals surface area contributed by atoms with Gasteiger partial charge in [0.05, 0.1) is 31.5 Å². The summed E-state index contributed by atoms with van der Waals surface area (Å²) in [6, 6.07) is 0.363. The van der Waals surface area contributed by atoms with E-state index in [0.717, 1.165) is 0 Å². The lowest BCUT2D eigenvalue weighted by Gasteiger charge is -2.36. The summed E-state index contributed by atoms with van der Waals surface area (Å²) in [5, 5.41) is 3.54. The predicted octanol–water partition coefficient (Wildman–Crippen LogP) is 2.22. The maximum atomic E-state index is 5.78. The zero-order valence-electron chi connectivity index (χ0n) is 12.9. The molecule has 0 rings (SSSR count). The van der Waals surface area contributed by atoms with Gasteiger partial charge in [-0.15, -0.1) is 0 Å². The van der Waals surface area contributed by atoms with Gasteiger partial charge in [-0.25, -0.2) is 0 Å². The molecule has 0 aromatic rings. The molecule has 0 saturated heterocycles. The first-order valence-electron chi connectivity index (χ1n) is 7.00. The molecule has 4 heteroatoms. The summed E-state index contributed by atoms with van der Waals surface area (Å²) in [5.41, 5.74) is -0.259. The number of ether oxygens (including phenoxy) is 3. The van der Waals surface area contributed by atoms with Gasteiger partial charge in [0.15, 0.2) is 0 Å². The van der Waals surface area contributed by atoms with E-state index >= 15 is 0 Å². The van der Waals surface area contributed by atoms with Crippen LogP contribution in [0.2, 0.25) is 0 Å². The number of hydrogen-bond donors (Lipinski definition) is 1. The van der Waals surface area contributed by atoms with Crippen LogP contribution in [-0.4, -0.2) is 50.7 Å². The summed E-state index contributed by atoms with van der Waals surface area (Å²) < 4.78 is 17.0. The van der Waals surface area contributed by atoms with Gasteiger partial charge in [0.2, 0.25) is 0 Å². The highest BCUT2D eigenvalue weighted by Crippen LogP contribution is 2.11. The van der Waals surface area contributed by atoms with Crippen molar-refractivity contribution >= 4 is 0 Å². The fourth-order valence-corrected chi connectivity index (χ4v) is 1.78. The molecule has 0 aliphatic heterocycles. The van der Waals surface area contributed by atoms with Crippen molar-refractivity contribution in [3.05, 3.63) is 0 Å². The summed E-state index contributed by atoms with van der Waals surface area (Å²) in [5.74, 6) is 0. The van der Waals surface area contributed by atoms with Gasteiger partial charge in [0.1, 0.15) is 0 Å². The Kier molecular flexibility index (Phi) is 9.64. The van der Waals surface area contributed by atoms with Gasteiger partial charge in [-0.05, 0) is 27.7 Å². The molecule has 0 aliphatic rings. The average molecular weight is 261 g/mol. The maximum absolute atomic E-state index is 5.78. The first-order chi connectivity index (χ1) is 8.45. The Balaban J connectivity index is 4.62. The van der Waals surface area contributed by atoms with E-state index in [1.807, 2.05) is 27.7 Å². The SMILES string of the molecule is CCOCC(COCC)(COC(C)C)NC(C)C. The highest BCUT2D eigenvalue weighted by atomic mass is 16.5. The summed E-state index contributed by atoms with van der Waals surface area (Å²) in [6.45, 7) is 15.6. The first kappa shape index (κ1) is 17.8. The minimum absolute atomic E-state index is 0.210. The van der Waals surface area contributed by atoms with Crippen molar-refractivity contribution in [2.24, 2.45) is 0 Å². The van der Waals surface area contributed by atoms with Crippen molar-refractivity contribution in [1.29, 1.82) is 0 Å². The van der Waals surface area contributed by atoms with Crippen molar-refractivity contribution in [2.45, 2.75) is 59.2 Å². The summed E-state index contributed by atoms with van der Waals surface area (Å²) in [6.07, 6.45) is 0.210. The molecule has 0 atom stereocenters. The van der Waals surface area contributed by atoms with E-state index in [1.54, 1.807) is 0 Å². The van der Waals surface area contributed by atoms with Gasteiger partial charge in [-0.3, -0.25) is 0 Å². The molecule has 1 N–H and O–H groups in total.